The van der Waals surface area contributed by atoms with Crippen LogP contribution in [-0.2, 0) is 11.3 Å². The van der Waals surface area contributed by atoms with Crippen molar-refractivity contribution in [3.63, 3.8) is 0 Å². The van der Waals surface area contributed by atoms with Crippen molar-refractivity contribution >= 4 is 12.0 Å². The predicted octanol–water partition coefficient (Wildman–Crippen LogP) is 4.29. The smallest absolute Gasteiger partial charge is 0.246 e. The zero-order valence-corrected chi connectivity index (χ0v) is 17.8. The molecular weight excluding hydrogens is 398 g/mol. The number of hydrogen-bond acceptors (Lipinski definition) is 4. The number of nitriles is 1. The summed E-state index contributed by atoms with van der Waals surface area (Å²) in [6.45, 7) is 3.90. The average molecular weight is 424 g/mol. The van der Waals surface area contributed by atoms with Gasteiger partial charge in [-0.2, -0.15) is 5.26 Å². The number of nitrogens with zero attached hydrogens (tertiary/aromatic N) is 3. The lowest BCUT2D eigenvalue weighted by Gasteiger charge is -2.34. The van der Waals surface area contributed by atoms with E-state index in [0.29, 0.717) is 18.7 Å². The predicted molar refractivity (Wildman–Crippen MR) is 126 cm³/mol. The number of aromatic hydroxyl groups is 1. The fourth-order valence-corrected chi connectivity index (χ4v) is 3.86. The van der Waals surface area contributed by atoms with Crippen molar-refractivity contribution in [1.29, 1.82) is 5.26 Å². The van der Waals surface area contributed by atoms with Gasteiger partial charge in [-0.25, -0.2) is 0 Å². The van der Waals surface area contributed by atoms with Crippen molar-refractivity contribution in [3.05, 3.63) is 95.6 Å². The maximum absolute atomic E-state index is 12.5. The third-order valence-electron chi connectivity index (χ3n) is 5.71. The van der Waals surface area contributed by atoms with E-state index in [0.717, 1.165) is 36.3 Å². The first-order valence-electron chi connectivity index (χ1n) is 10.7. The first-order valence-corrected chi connectivity index (χ1v) is 10.7. The van der Waals surface area contributed by atoms with Gasteiger partial charge in [0.05, 0.1) is 11.6 Å². The maximum atomic E-state index is 12.5. The lowest BCUT2D eigenvalue weighted by molar-refractivity contribution is -0.127. The van der Waals surface area contributed by atoms with Crippen LogP contribution in [0.2, 0.25) is 0 Å². The first kappa shape index (κ1) is 21.4. The molecule has 1 aliphatic rings. The van der Waals surface area contributed by atoms with Gasteiger partial charge in [0.1, 0.15) is 5.75 Å². The van der Waals surface area contributed by atoms with Crippen LogP contribution < -0.4 is 0 Å². The summed E-state index contributed by atoms with van der Waals surface area (Å²) in [4.78, 5) is 16.7. The van der Waals surface area contributed by atoms with E-state index in [1.54, 1.807) is 36.4 Å². The van der Waals surface area contributed by atoms with E-state index in [1.807, 2.05) is 29.2 Å². The maximum Gasteiger partial charge on any atom is 0.246 e. The summed E-state index contributed by atoms with van der Waals surface area (Å²) < 4.78 is 0. The topological polar surface area (TPSA) is 67.6 Å². The Morgan fingerprint density at radius 2 is 1.62 bits per heavy atom. The number of piperazine rings is 1. The number of benzene rings is 3. The van der Waals surface area contributed by atoms with Crippen molar-refractivity contribution in [2.75, 3.05) is 26.2 Å². The lowest BCUT2D eigenvalue weighted by Crippen LogP contribution is -2.47. The molecule has 0 aliphatic carbocycles. The highest BCUT2D eigenvalue weighted by molar-refractivity contribution is 5.91. The third kappa shape index (κ3) is 5.23. The summed E-state index contributed by atoms with van der Waals surface area (Å²) in [7, 11) is 0. The van der Waals surface area contributed by atoms with Crippen LogP contribution in [-0.4, -0.2) is 47.0 Å². The molecule has 0 saturated carbocycles. The molecule has 0 atom stereocenters. The molecule has 32 heavy (non-hydrogen) atoms. The quantitative estimate of drug-likeness (QED) is 0.622. The van der Waals surface area contributed by atoms with Gasteiger partial charge in [0.15, 0.2) is 0 Å². The largest absolute Gasteiger partial charge is 0.508 e. The van der Waals surface area contributed by atoms with Gasteiger partial charge in [0.25, 0.3) is 0 Å². The number of hydrogen-bond donors (Lipinski definition) is 1. The lowest BCUT2D eigenvalue weighted by atomic mass is 9.99. The van der Waals surface area contributed by atoms with Gasteiger partial charge in [-0.3, -0.25) is 9.69 Å². The Labute approximate surface area is 188 Å². The average Bonchev–Trinajstić information content (AvgIpc) is 2.84. The van der Waals surface area contributed by atoms with Gasteiger partial charge in [-0.1, -0.05) is 54.6 Å². The second-order valence-corrected chi connectivity index (χ2v) is 7.88. The molecule has 3 aromatic carbocycles. The molecule has 1 aliphatic heterocycles. The third-order valence-corrected chi connectivity index (χ3v) is 5.71. The Morgan fingerprint density at radius 3 is 2.31 bits per heavy atom. The molecule has 1 saturated heterocycles. The number of phenolic OH excluding ortho intramolecular Hbond substituents is 1. The molecule has 0 aromatic heterocycles. The van der Waals surface area contributed by atoms with Gasteiger partial charge in [-0.15, -0.1) is 0 Å². The van der Waals surface area contributed by atoms with E-state index in [-0.39, 0.29) is 11.7 Å². The van der Waals surface area contributed by atoms with Crippen LogP contribution in [0.3, 0.4) is 0 Å². The highest BCUT2D eigenvalue weighted by Crippen LogP contribution is 2.24. The minimum Gasteiger partial charge on any atom is -0.508 e. The summed E-state index contributed by atoms with van der Waals surface area (Å²) >= 11 is 0. The zero-order valence-electron chi connectivity index (χ0n) is 17.8. The molecule has 160 valence electrons. The molecule has 4 rings (SSSR count). The van der Waals surface area contributed by atoms with Crippen molar-refractivity contribution in [2.24, 2.45) is 0 Å². The molecule has 3 aromatic rings. The molecule has 0 radical (unpaired) electrons. The number of phenols is 1. The van der Waals surface area contributed by atoms with E-state index in [4.69, 9.17) is 0 Å². The minimum atomic E-state index is 0.0123. The monoisotopic (exact) mass is 423 g/mol. The van der Waals surface area contributed by atoms with E-state index >= 15 is 0 Å². The van der Waals surface area contributed by atoms with Crippen LogP contribution in [0, 0.1) is 11.3 Å². The Hall–Kier alpha value is -3.88. The Morgan fingerprint density at radius 1 is 0.938 bits per heavy atom. The highest BCUT2D eigenvalue weighted by atomic mass is 16.3. The van der Waals surface area contributed by atoms with E-state index in [9.17, 15) is 15.2 Å². The molecule has 0 spiro atoms. The summed E-state index contributed by atoms with van der Waals surface area (Å²) in [6, 6.07) is 25.0. The van der Waals surface area contributed by atoms with Crippen molar-refractivity contribution in [2.45, 2.75) is 6.54 Å². The van der Waals surface area contributed by atoms with Crippen LogP contribution in [0.4, 0.5) is 0 Å². The Kier molecular flexibility index (Phi) is 6.64. The Bertz CT molecular complexity index is 1140. The second-order valence-electron chi connectivity index (χ2n) is 7.88. The fraction of sp³-hybridized carbons (Fsp3) is 0.185. The number of amides is 1. The van der Waals surface area contributed by atoms with Crippen LogP contribution in [0.5, 0.6) is 5.75 Å². The van der Waals surface area contributed by atoms with Gasteiger partial charge < -0.3 is 10.0 Å². The summed E-state index contributed by atoms with van der Waals surface area (Å²) in [5.74, 6) is 0.226. The highest BCUT2D eigenvalue weighted by Gasteiger charge is 2.19. The second kappa shape index (κ2) is 9.95. The van der Waals surface area contributed by atoms with Crippen LogP contribution in [0.25, 0.3) is 17.2 Å². The van der Waals surface area contributed by atoms with Crippen LogP contribution >= 0.6 is 0 Å². The molecule has 1 fully saturated rings. The summed E-state index contributed by atoms with van der Waals surface area (Å²) in [6.07, 6.45) is 3.38. The zero-order chi connectivity index (χ0) is 22.3. The van der Waals surface area contributed by atoms with E-state index in [2.05, 4.69) is 35.2 Å². The minimum absolute atomic E-state index is 0.0123. The van der Waals surface area contributed by atoms with E-state index in [1.165, 1.54) is 5.56 Å². The molecule has 0 unspecified atom stereocenters. The molecule has 5 nitrogen and oxygen atoms in total. The Balaban J connectivity index is 1.30. The molecule has 1 amide bonds. The van der Waals surface area contributed by atoms with Gasteiger partial charge in [-0.05, 0) is 46.5 Å². The molecule has 1 N–H and O–H groups in total. The standard InChI is InChI=1S/C27H25N3O2/c28-19-24-3-1-2-4-26(24)23-10-5-22(6-11-23)20-29-15-17-30(18-16-29)27(32)14-9-21-7-12-25(31)13-8-21/h1-14,31H,15-18,20H2/b14-9+. The SMILES string of the molecule is N#Cc1ccccc1-c1ccc(CN2CCN(C(=O)/C=C/c3ccc(O)cc3)CC2)cc1. The number of rotatable bonds is 5. The molecular formula is C27H25N3O2. The van der Waals surface area contributed by atoms with Crippen molar-refractivity contribution < 1.29 is 9.90 Å². The first-order chi connectivity index (χ1) is 15.6. The van der Waals surface area contributed by atoms with Crippen molar-refractivity contribution in [3.8, 4) is 22.9 Å². The van der Waals surface area contributed by atoms with Crippen LogP contribution in [0.15, 0.2) is 78.9 Å². The normalized spacial score (nSPS) is 14.4. The number of carbonyl (C=O) groups excluding carboxylic acids is 1. The molecule has 5 heteroatoms. The van der Waals surface area contributed by atoms with Gasteiger partial charge in [0.2, 0.25) is 5.91 Å². The van der Waals surface area contributed by atoms with Crippen LogP contribution in [0.1, 0.15) is 16.7 Å². The van der Waals surface area contributed by atoms with Crippen molar-refractivity contribution in [1.82, 2.24) is 9.80 Å². The molecule has 0 bridgehead atoms. The summed E-state index contributed by atoms with van der Waals surface area (Å²) in [5, 5.41) is 18.7. The number of carbonyl (C=O) groups is 1. The fourth-order valence-electron chi connectivity index (χ4n) is 3.86. The van der Waals surface area contributed by atoms with Gasteiger partial charge in [0, 0.05) is 38.8 Å². The molecule has 1 heterocycles. The van der Waals surface area contributed by atoms with E-state index < -0.39 is 0 Å². The summed E-state index contributed by atoms with van der Waals surface area (Å²) in [5.41, 5.74) is 4.78. The van der Waals surface area contributed by atoms with Gasteiger partial charge >= 0.3 is 0 Å².